The summed E-state index contributed by atoms with van der Waals surface area (Å²) in [6.45, 7) is 3.92. The molecule has 2 rings (SSSR count). The topological polar surface area (TPSA) is 50.5 Å². The zero-order valence-corrected chi connectivity index (χ0v) is 9.25. The lowest BCUT2D eigenvalue weighted by Gasteiger charge is -1.98. The Hall–Kier alpha value is -2.10. The third kappa shape index (κ3) is 2.28. The van der Waals surface area contributed by atoms with Gasteiger partial charge in [-0.05, 0) is 37.1 Å². The number of aryl methyl sites for hydroxylation is 2. The van der Waals surface area contributed by atoms with Crippen molar-refractivity contribution in [1.29, 1.82) is 0 Å². The van der Waals surface area contributed by atoms with Crippen molar-refractivity contribution in [3.8, 4) is 0 Å². The van der Waals surface area contributed by atoms with Gasteiger partial charge in [0.1, 0.15) is 0 Å². The summed E-state index contributed by atoms with van der Waals surface area (Å²) in [5, 5.41) is 8.39. The van der Waals surface area contributed by atoms with Gasteiger partial charge >= 0.3 is 0 Å². The van der Waals surface area contributed by atoms with E-state index in [4.69, 9.17) is 0 Å². The van der Waals surface area contributed by atoms with E-state index in [2.05, 4.69) is 20.2 Å². The van der Waals surface area contributed by atoms with E-state index >= 15 is 0 Å². The second kappa shape index (κ2) is 4.61. The van der Waals surface area contributed by atoms with Crippen LogP contribution >= 0.6 is 0 Å². The number of aromatic nitrogens is 2. The van der Waals surface area contributed by atoms with Crippen LogP contribution in [0.15, 0.2) is 47.1 Å². The van der Waals surface area contributed by atoms with Crippen LogP contribution < -0.4 is 0 Å². The number of hydrogen-bond acceptors (Lipinski definition) is 4. The lowest BCUT2D eigenvalue weighted by Crippen LogP contribution is -1.77. The molecule has 0 amide bonds. The number of azo groups is 1. The minimum Gasteiger partial charge on any atom is -0.264 e. The first kappa shape index (κ1) is 10.4. The van der Waals surface area contributed by atoms with Gasteiger partial charge in [-0.25, -0.2) is 0 Å². The predicted molar refractivity (Wildman–Crippen MR) is 62.1 cm³/mol. The summed E-state index contributed by atoms with van der Waals surface area (Å²) in [6, 6.07) is 3.69. The van der Waals surface area contributed by atoms with Crippen LogP contribution in [0.5, 0.6) is 0 Å². The normalized spacial score (nSPS) is 10.9. The Bertz CT molecular complexity index is 472. The number of hydrogen-bond donors (Lipinski definition) is 0. The molecule has 0 aliphatic rings. The fraction of sp³-hybridized carbons (Fsp3) is 0.167. The SMILES string of the molecule is Cc1cnccc1N=Nc1ccncc1C. The highest BCUT2D eigenvalue weighted by molar-refractivity contribution is 5.45. The Labute approximate surface area is 94.1 Å². The van der Waals surface area contributed by atoms with Crippen molar-refractivity contribution >= 4 is 11.4 Å². The van der Waals surface area contributed by atoms with Gasteiger partial charge in [0, 0.05) is 24.8 Å². The average Bonchev–Trinajstić information content (AvgIpc) is 2.30. The zero-order chi connectivity index (χ0) is 11.4. The van der Waals surface area contributed by atoms with Gasteiger partial charge in [0.15, 0.2) is 0 Å². The van der Waals surface area contributed by atoms with E-state index in [0.29, 0.717) is 0 Å². The van der Waals surface area contributed by atoms with E-state index < -0.39 is 0 Å². The van der Waals surface area contributed by atoms with Crippen LogP contribution in [-0.4, -0.2) is 9.97 Å². The molecular formula is C12H12N4. The first-order chi connectivity index (χ1) is 7.77. The zero-order valence-electron chi connectivity index (χ0n) is 9.25. The van der Waals surface area contributed by atoms with Crippen LogP contribution in [0, 0.1) is 13.8 Å². The van der Waals surface area contributed by atoms with Gasteiger partial charge in [-0.3, -0.25) is 9.97 Å². The van der Waals surface area contributed by atoms with Gasteiger partial charge in [-0.15, -0.1) is 0 Å². The molecule has 16 heavy (non-hydrogen) atoms. The van der Waals surface area contributed by atoms with Gasteiger partial charge in [0.2, 0.25) is 0 Å². The van der Waals surface area contributed by atoms with Crippen LogP contribution in [0.4, 0.5) is 11.4 Å². The molecule has 0 saturated heterocycles. The van der Waals surface area contributed by atoms with Crippen molar-refractivity contribution in [2.45, 2.75) is 13.8 Å². The lowest BCUT2D eigenvalue weighted by atomic mass is 10.3. The van der Waals surface area contributed by atoms with E-state index in [-0.39, 0.29) is 0 Å². The van der Waals surface area contributed by atoms with Crippen molar-refractivity contribution in [2.24, 2.45) is 10.2 Å². The molecule has 2 aromatic rings. The van der Waals surface area contributed by atoms with Crippen molar-refractivity contribution < 1.29 is 0 Å². The fourth-order valence-electron chi connectivity index (χ4n) is 1.26. The minimum absolute atomic E-state index is 0.839. The van der Waals surface area contributed by atoms with Crippen LogP contribution in [0.1, 0.15) is 11.1 Å². The smallest absolute Gasteiger partial charge is 0.0916 e. The second-order valence-corrected chi connectivity index (χ2v) is 3.52. The Morgan fingerprint density at radius 3 is 1.62 bits per heavy atom. The molecule has 0 saturated carbocycles. The van der Waals surface area contributed by atoms with Gasteiger partial charge in [0.25, 0.3) is 0 Å². The third-order valence-electron chi connectivity index (χ3n) is 2.25. The summed E-state index contributed by atoms with van der Waals surface area (Å²) >= 11 is 0. The maximum absolute atomic E-state index is 4.19. The van der Waals surface area contributed by atoms with Crippen LogP contribution in [0.25, 0.3) is 0 Å². The van der Waals surface area contributed by atoms with Crippen molar-refractivity contribution in [3.63, 3.8) is 0 Å². The predicted octanol–water partition coefficient (Wildman–Crippen LogP) is 3.51. The highest BCUT2D eigenvalue weighted by Crippen LogP contribution is 2.22. The summed E-state index contributed by atoms with van der Waals surface area (Å²) in [7, 11) is 0. The summed E-state index contributed by atoms with van der Waals surface area (Å²) in [5.74, 6) is 0. The van der Waals surface area contributed by atoms with Gasteiger partial charge in [0.05, 0.1) is 11.4 Å². The number of pyridine rings is 2. The molecule has 2 heterocycles. The van der Waals surface area contributed by atoms with Crippen LogP contribution in [-0.2, 0) is 0 Å². The summed E-state index contributed by atoms with van der Waals surface area (Å²) in [5.41, 5.74) is 3.70. The molecule has 0 radical (unpaired) electrons. The number of rotatable bonds is 2. The number of nitrogens with zero attached hydrogens (tertiary/aromatic N) is 4. The molecule has 4 nitrogen and oxygen atoms in total. The van der Waals surface area contributed by atoms with Gasteiger partial charge < -0.3 is 0 Å². The molecule has 0 aromatic carbocycles. The van der Waals surface area contributed by atoms with Gasteiger partial charge in [-0.2, -0.15) is 10.2 Å². The molecule has 80 valence electrons. The van der Waals surface area contributed by atoms with E-state index in [0.717, 1.165) is 22.5 Å². The first-order valence-electron chi connectivity index (χ1n) is 5.00. The van der Waals surface area contributed by atoms with Crippen molar-refractivity contribution in [2.75, 3.05) is 0 Å². The summed E-state index contributed by atoms with van der Waals surface area (Å²) < 4.78 is 0. The Morgan fingerprint density at radius 1 is 0.812 bits per heavy atom. The fourth-order valence-corrected chi connectivity index (χ4v) is 1.26. The molecule has 0 aliphatic heterocycles. The molecule has 0 spiro atoms. The summed E-state index contributed by atoms with van der Waals surface area (Å²) in [4.78, 5) is 8.01. The molecule has 0 unspecified atom stereocenters. The van der Waals surface area contributed by atoms with Gasteiger partial charge in [-0.1, -0.05) is 0 Å². The molecule has 0 fully saturated rings. The Balaban J connectivity index is 2.29. The third-order valence-corrected chi connectivity index (χ3v) is 2.25. The molecule has 0 atom stereocenters. The van der Waals surface area contributed by atoms with E-state index in [1.54, 1.807) is 24.8 Å². The average molecular weight is 212 g/mol. The molecule has 0 N–H and O–H groups in total. The highest BCUT2D eigenvalue weighted by atomic mass is 15.1. The van der Waals surface area contributed by atoms with E-state index in [9.17, 15) is 0 Å². The highest BCUT2D eigenvalue weighted by Gasteiger charge is 1.97. The molecule has 0 bridgehead atoms. The second-order valence-electron chi connectivity index (χ2n) is 3.52. The minimum atomic E-state index is 0.839. The first-order valence-corrected chi connectivity index (χ1v) is 5.00. The summed E-state index contributed by atoms with van der Waals surface area (Å²) in [6.07, 6.45) is 6.96. The van der Waals surface area contributed by atoms with Crippen molar-refractivity contribution in [3.05, 3.63) is 48.0 Å². The molecule has 4 heteroatoms. The Kier molecular flexibility index (Phi) is 3.00. The quantitative estimate of drug-likeness (QED) is 0.715. The monoisotopic (exact) mass is 212 g/mol. The molecule has 0 aliphatic carbocycles. The van der Waals surface area contributed by atoms with E-state index in [1.165, 1.54) is 0 Å². The maximum Gasteiger partial charge on any atom is 0.0916 e. The maximum atomic E-state index is 4.19. The standard InChI is InChI=1S/C12H12N4/c1-9-7-13-5-3-11(9)15-16-12-4-6-14-8-10(12)2/h3-8H,1-2H3. The Morgan fingerprint density at radius 2 is 1.25 bits per heavy atom. The lowest BCUT2D eigenvalue weighted by molar-refractivity contribution is 1.15. The van der Waals surface area contributed by atoms with Crippen molar-refractivity contribution in [1.82, 2.24) is 9.97 Å². The largest absolute Gasteiger partial charge is 0.264 e. The van der Waals surface area contributed by atoms with Crippen LogP contribution in [0.2, 0.25) is 0 Å². The van der Waals surface area contributed by atoms with Crippen LogP contribution in [0.3, 0.4) is 0 Å². The molecule has 2 aromatic heterocycles. The van der Waals surface area contributed by atoms with E-state index in [1.807, 2.05) is 26.0 Å². The molecular weight excluding hydrogens is 200 g/mol.